The Morgan fingerprint density at radius 3 is 2.64 bits per heavy atom. The predicted octanol–water partition coefficient (Wildman–Crippen LogP) is 2.93. The fourth-order valence-corrected chi connectivity index (χ4v) is 2.02. The topological polar surface area (TPSA) is 69.7 Å². The number of para-hydroxylation sites is 1. The molecular weight excluding hydrogens is 320 g/mol. The second kappa shape index (κ2) is 10.4. The highest BCUT2D eigenvalue weighted by Gasteiger charge is 2.12. The SMILES string of the molecule is CCOCCO[C@@H](C)C(=O)NCc1ccc(Oc2ccccc2)nc1. The third-order valence-electron chi connectivity index (χ3n) is 3.40. The van der Waals surface area contributed by atoms with E-state index in [0.717, 1.165) is 11.3 Å². The summed E-state index contributed by atoms with van der Waals surface area (Å²) in [5.41, 5.74) is 0.885. The molecule has 0 spiro atoms. The lowest BCUT2D eigenvalue weighted by Gasteiger charge is -2.13. The highest BCUT2D eigenvalue weighted by Crippen LogP contribution is 2.18. The number of aromatic nitrogens is 1. The van der Waals surface area contributed by atoms with Crippen LogP contribution in [0, 0.1) is 0 Å². The van der Waals surface area contributed by atoms with Crippen LogP contribution in [0.5, 0.6) is 11.6 Å². The molecule has 2 aromatic rings. The lowest BCUT2D eigenvalue weighted by molar-refractivity contribution is -0.132. The normalized spacial score (nSPS) is 11.8. The van der Waals surface area contributed by atoms with Gasteiger partial charge in [-0.25, -0.2) is 4.98 Å². The molecule has 1 aromatic heterocycles. The molecule has 0 fully saturated rings. The number of carbonyl (C=O) groups excluding carboxylic acids is 1. The number of nitrogens with one attached hydrogen (secondary N) is 1. The van der Waals surface area contributed by atoms with E-state index in [0.29, 0.717) is 32.2 Å². The Balaban J connectivity index is 1.74. The van der Waals surface area contributed by atoms with Crippen LogP contribution in [-0.2, 0) is 20.8 Å². The van der Waals surface area contributed by atoms with Crippen LogP contribution in [0.4, 0.5) is 0 Å². The summed E-state index contributed by atoms with van der Waals surface area (Å²) in [5.74, 6) is 1.07. The Bertz CT molecular complexity index is 632. The summed E-state index contributed by atoms with van der Waals surface area (Å²) in [6, 6.07) is 13.1. The smallest absolute Gasteiger partial charge is 0.249 e. The van der Waals surface area contributed by atoms with Gasteiger partial charge in [0, 0.05) is 25.4 Å². The van der Waals surface area contributed by atoms with E-state index in [-0.39, 0.29) is 5.91 Å². The molecule has 6 heteroatoms. The van der Waals surface area contributed by atoms with Crippen molar-refractivity contribution >= 4 is 5.91 Å². The summed E-state index contributed by atoms with van der Waals surface area (Å²) in [5, 5.41) is 2.82. The molecule has 6 nitrogen and oxygen atoms in total. The third-order valence-corrected chi connectivity index (χ3v) is 3.40. The first-order valence-electron chi connectivity index (χ1n) is 8.34. The maximum Gasteiger partial charge on any atom is 0.249 e. The van der Waals surface area contributed by atoms with Gasteiger partial charge in [0.25, 0.3) is 0 Å². The van der Waals surface area contributed by atoms with Gasteiger partial charge in [-0.2, -0.15) is 0 Å². The molecule has 1 aromatic carbocycles. The minimum absolute atomic E-state index is 0.166. The van der Waals surface area contributed by atoms with Gasteiger partial charge < -0.3 is 19.5 Å². The number of amides is 1. The van der Waals surface area contributed by atoms with Crippen LogP contribution < -0.4 is 10.1 Å². The molecule has 0 aliphatic heterocycles. The van der Waals surface area contributed by atoms with Crippen LogP contribution in [0.25, 0.3) is 0 Å². The predicted molar refractivity (Wildman–Crippen MR) is 94.5 cm³/mol. The molecular formula is C19H24N2O4. The summed E-state index contributed by atoms with van der Waals surface area (Å²) in [7, 11) is 0. The quantitative estimate of drug-likeness (QED) is 0.671. The highest BCUT2D eigenvalue weighted by molar-refractivity contribution is 5.80. The average Bonchev–Trinajstić information content (AvgIpc) is 2.65. The van der Waals surface area contributed by atoms with Crippen molar-refractivity contribution in [1.29, 1.82) is 0 Å². The monoisotopic (exact) mass is 344 g/mol. The van der Waals surface area contributed by atoms with Gasteiger partial charge in [0.1, 0.15) is 11.9 Å². The molecule has 1 N–H and O–H groups in total. The second-order valence-electron chi connectivity index (χ2n) is 5.35. The number of rotatable bonds is 10. The lowest BCUT2D eigenvalue weighted by atomic mass is 10.2. The first-order chi connectivity index (χ1) is 12.2. The molecule has 0 bridgehead atoms. The van der Waals surface area contributed by atoms with Crippen molar-refractivity contribution in [1.82, 2.24) is 10.3 Å². The summed E-state index contributed by atoms with van der Waals surface area (Å²) >= 11 is 0. The van der Waals surface area contributed by atoms with Gasteiger partial charge in [-0.05, 0) is 31.5 Å². The molecule has 1 amide bonds. The van der Waals surface area contributed by atoms with Gasteiger partial charge in [0.2, 0.25) is 11.8 Å². The number of ether oxygens (including phenoxy) is 3. The Morgan fingerprint density at radius 2 is 1.96 bits per heavy atom. The molecule has 0 saturated carbocycles. The largest absolute Gasteiger partial charge is 0.439 e. The molecule has 0 radical (unpaired) electrons. The van der Waals surface area contributed by atoms with E-state index in [1.165, 1.54) is 0 Å². The van der Waals surface area contributed by atoms with E-state index < -0.39 is 6.10 Å². The Kier molecular flexibility index (Phi) is 7.88. The summed E-state index contributed by atoms with van der Waals surface area (Å²) in [6.45, 7) is 5.55. The van der Waals surface area contributed by atoms with Gasteiger partial charge in [-0.1, -0.05) is 24.3 Å². The van der Waals surface area contributed by atoms with Crippen LogP contribution in [0.3, 0.4) is 0 Å². The van der Waals surface area contributed by atoms with Crippen LogP contribution in [0.15, 0.2) is 48.7 Å². The van der Waals surface area contributed by atoms with Gasteiger partial charge in [-0.3, -0.25) is 4.79 Å². The Morgan fingerprint density at radius 1 is 1.16 bits per heavy atom. The zero-order valence-corrected chi connectivity index (χ0v) is 14.6. The van der Waals surface area contributed by atoms with E-state index in [2.05, 4.69) is 10.3 Å². The number of carbonyl (C=O) groups is 1. The molecule has 134 valence electrons. The maximum atomic E-state index is 12.0. The van der Waals surface area contributed by atoms with Crippen LogP contribution in [0.1, 0.15) is 19.4 Å². The van der Waals surface area contributed by atoms with E-state index in [1.54, 1.807) is 19.2 Å². The Labute approximate surface area is 148 Å². The summed E-state index contributed by atoms with van der Waals surface area (Å²) in [4.78, 5) is 16.2. The van der Waals surface area contributed by atoms with Crippen LogP contribution in [0.2, 0.25) is 0 Å². The number of pyridine rings is 1. The highest BCUT2D eigenvalue weighted by atomic mass is 16.5. The van der Waals surface area contributed by atoms with Crippen molar-refractivity contribution in [3.8, 4) is 11.6 Å². The molecule has 0 aliphatic rings. The van der Waals surface area contributed by atoms with Crippen molar-refractivity contribution in [3.05, 3.63) is 54.2 Å². The number of hydrogen-bond donors (Lipinski definition) is 1. The van der Waals surface area contributed by atoms with Crippen molar-refractivity contribution in [2.45, 2.75) is 26.5 Å². The zero-order valence-electron chi connectivity index (χ0n) is 14.6. The standard InChI is InChI=1S/C19H24N2O4/c1-3-23-11-12-24-15(2)19(22)21-14-16-9-10-18(20-13-16)25-17-7-5-4-6-8-17/h4-10,13,15H,3,11-12,14H2,1-2H3,(H,21,22)/t15-/m0/s1. The van der Waals surface area contributed by atoms with Gasteiger partial charge in [-0.15, -0.1) is 0 Å². The van der Waals surface area contributed by atoms with Crippen molar-refractivity contribution in [3.63, 3.8) is 0 Å². The fraction of sp³-hybridized carbons (Fsp3) is 0.368. The van der Waals surface area contributed by atoms with Crippen molar-refractivity contribution in [2.75, 3.05) is 19.8 Å². The number of nitrogens with zero attached hydrogens (tertiary/aromatic N) is 1. The maximum absolute atomic E-state index is 12.0. The lowest BCUT2D eigenvalue weighted by Crippen LogP contribution is -2.34. The minimum atomic E-state index is -0.519. The number of benzene rings is 1. The molecule has 1 atom stereocenters. The van der Waals surface area contributed by atoms with Crippen LogP contribution >= 0.6 is 0 Å². The van der Waals surface area contributed by atoms with Gasteiger partial charge in [0.15, 0.2) is 0 Å². The molecule has 0 saturated heterocycles. The summed E-state index contributed by atoms with van der Waals surface area (Å²) < 4.78 is 16.2. The van der Waals surface area contributed by atoms with Gasteiger partial charge >= 0.3 is 0 Å². The Hall–Kier alpha value is -2.44. The second-order valence-corrected chi connectivity index (χ2v) is 5.35. The average molecular weight is 344 g/mol. The molecule has 1 heterocycles. The van der Waals surface area contributed by atoms with E-state index >= 15 is 0 Å². The van der Waals surface area contributed by atoms with E-state index in [4.69, 9.17) is 14.2 Å². The molecule has 25 heavy (non-hydrogen) atoms. The molecule has 0 aliphatic carbocycles. The molecule has 0 unspecified atom stereocenters. The van der Waals surface area contributed by atoms with Gasteiger partial charge in [0.05, 0.1) is 13.2 Å². The third kappa shape index (κ3) is 6.91. The number of hydrogen-bond acceptors (Lipinski definition) is 5. The summed E-state index contributed by atoms with van der Waals surface area (Å²) in [6.07, 6.45) is 1.16. The zero-order chi connectivity index (χ0) is 17.9. The van der Waals surface area contributed by atoms with Crippen molar-refractivity contribution < 1.29 is 19.0 Å². The van der Waals surface area contributed by atoms with Crippen LogP contribution in [-0.4, -0.2) is 36.8 Å². The van der Waals surface area contributed by atoms with E-state index in [1.807, 2.05) is 43.3 Å². The fourth-order valence-electron chi connectivity index (χ4n) is 2.02. The minimum Gasteiger partial charge on any atom is -0.439 e. The van der Waals surface area contributed by atoms with E-state index in [9.17, 15) is 4.79 Å². The molecule has 2 rings (SSSR count). The first kappa shape index (κ1) is 18.9. The first-order valence-corrected chi connectivity index (χ1v) is 8.34. The van der Waals surface area contributed by atoms with Crippen molar-refractivity contribution in [2.24, 2.45) is 0 Å².